The van der Waals surface area contributed by atoms with E-state index in [1.807, 2.05) is 57.4 Å². The molecule has 2 aliphatic rings. The third kappa shape index (κ3) is 4.97. The molecule has 156 valence electrons. The monoisotopic (exact) mass is 441 g/mol. The number of aliphatic imine (C=N–C) groups is 1. The van der Waals surface area contributed by atoms with Crippen LogP contribution in [-0.2, 0) is 15.1 Å². The van der Waals surface area contributed by atoms with Crippen molar-refractivity contribution in [3.63, 3.8) is 0 Å². The second-order valence-electron chi connectivity index (χ2n) is 7.63. The summed E-state index contributed by atoms with van der Waals surface area (Å²) in [5.41, 5.74) is 0.974. The second kappa shape index (κ2) is 9.11. The first-order chi connectivity index (χ1) is 14.2. The van der Waals surface area contributed by atoms with Crippen molar-refractivity contribution in [3.8, 4) is 12.3 Å². The minimum atomic E-state index is -0.749. The number of nitrogens with zero attached hydrogens (tertiary/aromatic N) is 2. The van der Waals surface area contributed by atoms with Gasteiger partial charge in [0, 0.05) is 28.4 Å². The third-order valence-electron chi connectivity index (χ3n) is 4.83. The first-order valence-corrected chi connectivity index (χ1v) is 11.2. The van der Waals surface area contributed by atoms with Crippen LogP contribution >= 0.6 is 23.4 Å². The topological polar surface area (TPSA) is 63.6 Å². The summed E-state index contributed by atoms with van der Waals surface area (Å²) in [5.74, 6) is 2.76. The van der Waals surface area contributed by atoms with E-state index in [0.29, 0.717) is 16.4 Å². The molecule has 3 atom stereocenters. The van der Waals surface area contributed by atoms with Gasteiger partial charge in [0.2, 0.25) is 5.44 Å². The highest BCUT2D eigenvalue weighted by molar-refractivity contribution is 7.99. The van der Waals surface area contributed by atoms with Gasteiger partial charge in [-0.1, -0.05) is 29.7 Å². The summed E-state index contributed by atoms with van der Waals surface area (Å²) in [4.78, 5) is 21.9. The van der Waals surface area contributed by atoms with Gasteiger partial charge in [-0.2, -0.15) is 0 Å². The van der Waals surface area contributed by atoms with E-state index in [1.165, 1.54) is 11.8 Å². The van der Waals surface area contributed by atoms with Gasteiger partial charge >= 0.3 is 0 Å². The van der Waals surface area contributed by atoms with Crippen molar-refractivity contribution < 1.29 is 9.53 Å². The molecule has 1 amide bonds. The van der Waals surface area contributed by atoms with Crippen molar-refractivity contribution in [2.75, 3.05) is 6.26 Å². The molecule has 0 saturated heterocycles. The van der Waals surface area contributed by atoms with E-state index in [9.17, 15) is 4.79 Å². The van der Waals surface area contributed by atoms with E-state index in [4.69, 9.17) is 22.8 Å². The number of nitrogens with one attached hydrogen (secondary N) is 1. The molecule has 1 aliphatic carbocycles. The maximum atomic E-state index is 13.0. The van der Waals surface area contributed by atoms with Crippen molar-refractivity contribution in [2.45, 2.75) is 37.8 Å². The summed E-state index contributed by atoms with van der Waals surface area (Å²) in [6.45, 7) is 5.75. The zero-order valence-electron chi connectivity index (χ0n) is 17.3. The molecule has 0 saturated carbocycles. The van der Waals surface area contributed by atoms with Crippen LogP contribution in [0.2, 0.25) is 0 Å². The highest BCUT2D eigenvalue weighted by Gasteiger charge is 2.32. The molecule has 5 nitrogen and oxygen atoms in total. The second-order valence-corrected chi connectivity index (χ2v) is 8.96. The van der Waals surface area contributed by atoms with Gasteiger partial charge in [-0.25, -0.2) is 0 Å². The Morgan fingerprint density at radius 1 is 1.40 bits per heavy atom. The van der Waals surface area contributed by atoms with E-state index in [-0.39, 0.29) is 17.9 Å². The van der Waals surface area contributed by atoms with Crippen LogP contribution in [0, 0.1) is 25.2 Å². The van der Waals surface area contributed by atoms with Crippen LogP contribution in [0.15, 0.2) is 57.8 Å². The van der Waals surface area contributed by atoms with Crippen molar-refractivity contribution in [3.05, 3.63) is 64.2 Å². The number of thioether (sulfide) groups is 1. The van der Waals surface area contributed by atoms with Crippen molar-refractivity contribution >= 4 is 35.5 Å². The van der Waals surface area contributed by atoms with Crippen molar-refractivity contribution in [2.24, 2.45) is 10.9 Å². The Kier molecular flexibility index (Phi) is 6.74. The molecule has 0 radical (unpaired) electrons. The molecule has 1 N–H and O–H groups in total. The molecule has 7 heteroatoms. The molecule has 3 rings (SSSR count). The van der Waals surface area contributed by atoms with E-state index in [0.717, 1.165) is 11.4 Å². The van der Waals surface area contributed by atoms with Gasteiger partial charge < -0.3 is 10.1 Å². The first kappa shape index (κ1) is 22.2. The Morgan fingerprint density at radius 3 is 2.83 bits per heavy atom. The molecule has 2 heterocycles. The fourth-order valence-corrected chi connectivity index (χ4v) is 4.06. The molecule has 1 aliphatic heterocycles. The lowest BCUT2D eigenvalue weighted by molar-refractivity contribution is -0.127. The number of hydrogen-bond donors (Lipinski definition) is 1. The average molecular weight is 442 g/mol. The molecule has 0 bridgehead atoms. The number of hydrogen-bond acceptors (Lipinski definition) is 5. The fraction of sp³-hybridized carbons (Fsp3) is 0.348. The predicted molar refractivity (Wildman–Crippen MR) is 123 cm³/mol. The van der Waals surface area contributed by atoms with E-state index < -0.39 is 11.0 Å². The zero-order valence-corrected chi connectivity index (χ0v) is 18.9. The van der Waals surface area contributed by atoms with Gasteiger partial charge in [0.25, 0.3) is 5.91 Å². The van der Waals surface area contributed by atoms with Crippen LogP contribution in [-0.4, -0.2) is 34.8 Å². The summed E-state index contributed by atoms with van der Waals surface area (Å²) in [6, 6.07) is 5.54. The molecular formula is C23H24ClN3O2S. The maximum absolute atomic E-state index is 13.0. The van der Waals surface area contributed by atoms with E-state index in [1.54, 1.807) is 12.3 Å². The van der Waals surface area contributed by atoms with Gasteiger partial charge in [-0.05, 0) is 51.3 Å². The van der Waals surface area contributed by atoms with Crippen molar-refractivity contribution in [1.29, 1.82) is 0 Å². The number of ether oxygens (including phenoxy) is 1. The van der Waals surface area contributed by atoms with Crippen LogP contribution in [0.5, 0.6) is 0 Å². The number of dihydropyridines is 1. The fourth-order valence-electron chi connectivity index (χ4n) is 3.27. The van der Waals surface area contributed by atoms with Crippen molar-refractivity contribution in [1.82, 2.24) is 10.3 Å². The smallest absolute Gasteiger partial charge is 0.272 e. The summed E-state index contributed by atoms with van der Waals surface area (Å²) >= 11 is 7.71. The lowest BCUT2D eigenvalue weighted by atomic mass is 9.90. The predicted octanol–water partition coefficient (Wildman–Crippen LogP) is 4.10. The minimum Gasteiger partial charge on any atom is -0.470 e. The quantitative estimate of drug-likeness (QED) is 0.533. The Morgan fingerprint density at radius 2 is 2.17 bits per heavy atom. The molecule has 3 unspecified atom stereocenters. The number of carbonyl (C=O) groups excluding carboxylic acids is 1. The maximum Gasteiger partial charge on any atom is 0.272 e. The van der Waals surface area contributed by atoms with Gasteiger partial charge in [0.1, 0.15) is 5.76 Å². The number of amides is 1. The van der Waals surface area contributed by atoms with Crippen LogP contribution in [0.4, 0.5) is 0 Å². The van der Waals surface area contributed by atoms with Crippen LogP contribution in [0.1, 0.15) is 25.2 Å². The number of aromatic nitrogens is 1. The average Bonchev–Trinajstić information content (AvgIpc) is 2.71. The van der Waals surface area contributed by atoms with Gasteiger partial charge in [0.15, 0.2) is 0 Å². The zero-order chi connectivity index (χ0) is 21.9. The third-order valence-corrected chi connectivity index (χ3v) is 5.90. The Bertz CT molecular complexity index is 1000. The lowest BCUT2D eigenvalue weighted by Gasteiger charge is -2.30. The minimum absolute atomic E-state index is 0.105. The summed E-state index contributed by atoms with van der Waals surface area (Å²) in [6.07, 6.45) is 14.5. The highest BCUT2D eigenvalue weighted by atomic mass is 35.5. The number of rotatable bonds is 6. The Balaban J connectivity index is 1.74. The number of halogens is 1. The molecule has 1 aromatic rings. The number of aryl methyl sites for hydroxylation is 1. The summed E-state index contributed by atoms with van der Waals surface area (Å²) < 4.78 is 5.99. The number of terminal acetylenes is 1. The normalized spacial score (nSPS) is 21.4. The Hall–Kier alpha value is -2.49. The number of carbonyl (C=O) groups is 1. The largest absolute Gasteiger partial charge is 0.470 e. The summed E-state index contributed by atoms with van der Waals surface area (Å²) in [5, 5.41) is 3.58. The molecule has 0 fully saturated rings. The highest BCUT2D eigenvalue weighted by Crippen LogP contribution is 2.33. The number of pyridine rings is 1. The van der Waals surface area contributed by atoms with Crippen LogP contribution < -0.4 is 5.32 Å². The molecule has 0 spiro atoms. The first-order valence-electron chi connectivity index (χ1n) is 9.49. The Labute approximate surface area is 186 Å². The van der Waals surface area contributed by atoms with E-state index in [2.05, 4.69) is 21.2 Å². The molecular weight excluding hydrogens is 418 g/mol. The molecule has 1 aromatic heterocycles. The molecule has 0 aromatic carbocycles. The van der Waals surface area contributed by atoms with E-state index >= 15 is 0 Å². The van der Waals surface area contributed by atoms with Crippen LogP contribution in [0.3, 0.4) is 0 Å². The number of allylic oxidation sites excluding steroid dienone is 2. The van der Waals surface area contributed by atoms with Gasteiger partial charge in [-0.3, -0.25) is 14.8 Å². The van der Waals surface area contributed by atoms with Gasteiger partial charge in [-0.15, -0.1) is 18.2 Å². The summed E-state index contributed by atoms with van der Waals surface area (Å²) in [7, 11) is 0. The lowest BCUT2D eigenvalue weighted by Crippen LogP contribution is -2.46. The van der Waals surface area contributed by atoms with Gasteiger partial charge in [0.05, 0.1) is 17.3 Å². The SMILES string of the molecule is C#CC1=CC2C=C(OC(SC)C(=O)NC(C)(C)c3cccc(C)n3)C=C(Cl)C2N=C1. The standard InChI is InChI=1S/C23H24ClN3O2S/c1-6-15-10-16-11-17(12-18(24)20(16)25-13-15)29-22(30-5)21(28)27-23(3,4)19-9-7-8-14(2)26-19/h1,7-13,16,20,22H,2-5H3,(H,27,28). The molecule has 30 heavy (non-hydrogen) atoms. The number of fused-ring (bicyclic) bond motifs is 1. The van der Waals surface area contributed by atoms with Crippen LogP contribution in [0.25, 0.3) is 0 Å².